The van der Waals surface area contributed by atoms with Crippen LogP contribution in [0.25, 0.3) is 0 Å². The molecule has 0 bridgehead atoms. The minimum atomic E-state index is -2.97. The number of hydrogen-bond acceptors (Lipinski definition) is 4. The first-order valence-corrected chi connectivity index (χ1v) is 7.52. The van der Waals surface area contributed by atoms with Crippen molar-refractivity contribution < 1.29 is 27.8 Å². The molecule has 23 heavy (non-hydrogen) atoms. The van der Waals surface area contributed by atoms with Crippen LogP contribution in [0.1, 0.15) is 43.0 Å². The number of amides is 1. The zero-order chi connectivity index (χ0) is 16.8. The lowest BCUT2D eigenvalue weighted by atomic mass is 10.2. The summed E-state index contributed by atoms with van der Waals surface area (Å²) in [7, 11) is 0. The van der Waals surface area contributed by atoms with Gasteiger partial charge < -0.3 is 14.8 Å². The third-order valence-electron chi connectivity index (χ3n) is 3.65. The highest BCUT2D eigenvalue weighted by molar-refractivity contribution is 5.92. The van der Waals surface area contributed by atoms with Crippen LogP contribution in [-0.2, 0) is 9.53 Å². The number of carbonyl (C=O) groups is 2. The second-order valence-electron chi connectivity index (χ2n) is 5.44. The van der Waals surface area contributed by atoms with Crippen molar-refractivity contribution in [1.82, 2.24) is 5.32 Å². The van der Waals surface area contributed by atoms with Crippen molar-refractivity contribution in [3.63, 3.8) is 0 Å². The average Bonchev–Trinajstić information content (AvgIpc) is 2.99. The molecule has 1 N–H and O–H groups in total. The van der Waals surface area contributed by atoms with Crippen molar-refractivity contribution in [3.05, 3.63) is 29.8 Å². The molecule has 1 saturated carbocycles. The van der Waals surface area contributed by atoms with Gasteiger partial charge in [-0.15, -0.1) is 0 Å². The molecule has 1 aliphatic rings. The van der Waals surface area contributed by atoms with Crippen LogP contribution in [0.4, 0.5) is 8.78 Å². The normalized spacial score (nSPS) is 16.2. The minimum Gasteiger partial charge on any atom is -0.449 e. The summed E-state index contributed by atoms with van der Waals surface area (Å²) >= 11 is 0. The Hall–Kier alpha value is -2.18. The summed E-state index contributed by atoms with van der Waals surface area (Å²) in [6, 6.07) is 5.39. The van der Waals surface area contributed by atoms with Crippen LogP contribution in [0, 0.1) is 0 Å². The highest BCUT2D eigenvalue weighted by Gasteiger charge is 2.23. The van der Waals surface area contributed by atoms with E-state index in [1.165, 1.54) is 25.1 Å². The number of ether oxygens (including phenoxy) is 2. The van der Waals surface area contributed by atoms with E-state index in [9.17, 15) is 18.4 Å². The van der Waals surface area contributed by atoms with Gasteiger partial charge in [0, 0.05) is 6.04 Å². The van der Waals surface area contributed by atoms with E-state index in [1.807, 2.05) is 0 Å². The first-order valence-electron chi connectivity index (χ1n) is 7.52. The van der Waals surface area contributed by atoms with E-state index in [0.717, 1.165) is 31.7 Å². The molecule has 1 aromatic carbocycles. The summed E-state index contributed by atoms with van der Waals surface area (Å²) in [5, 5.41) is 2.83. The second kappa shape index (κ2) is 7.89. The van der Waals surface area contributed by atoms with Gasteiger partial charge in [-0.1, -0.05) is 18.9 Å². The largest absolute Gasteiger partial charge is 0.449 e. The Balaban J connectivity index is 1.91. The van der Waals surface area contributed by atoms with Crippen LogP contribution in [0.2, 0.25) is 0 Å². The maximum Gasteiger partial charge on any atom is 0.387 e. The smallest absolute Gasteiger partial charge is 0.387 e. The van der Waals surface area contributed by atoms with E-state index in [2.05, 4.69) is 10.1 Å². The minimum absolute atomic E-state index is 0.0451. The maximum absolute atomic E-state index is 12.2. The molecule has 0 saturated heterocycles. The van der Waals surface area contributed by atoms with E-state index in [-0.39, 0.29) is 23.3 Å². The molecule has 5 nitrogen and oxygen atoms in total. The van der Waals surface area contributed by atoms with Gasteiger partial charge in [0.15, 0.2) is 6.10 Å². The van der Waals surface area contributed by atoms with Crippen LogP contribution < -0.4 is 10.1 Å². The topological polar surface area (TPSA) is 64.6 Å². The standard InChI is InChI=1S/C16H19F2NO4/c1-10(14(20)19-12-6-2-3-7-12)22-15(21)11-5-4-8-13(9-11)23-16(17)18/h4-5,8-10,12,16H,2-3,6-7H2,1H3,(H,19,20). The van der Waals surface area contributed by atoms with Crippen molar-refractivity contribution in [2.75, 3.05) is 0 Å². The Bertz CT molecular complexity index is 559. The van der Waals surface area contributed by atoms with Gasteiger partial charge in [0.25, 0.3) is 5.91 Å². The molecule has 0 heterocycles. The molecule has 1 atom stereocenters. The van der Waals surface area contributed by atoms with E-state index >= 15 is 0 Å². The molecule has 1 unspecified atom stereocenters. The summed E-state index contributed by atoms with van der Waals surface area (Å²) in [4.78, 5) is 24.0. The first-order chi connectivity index (χ1) is 11.0. The molecule has 1 aromatic rings. The van der Waals surface area contributed by atoms with Crippen LogP contribution in [0.15, 0.2) is 24.3 Å². The van der Waals surface area contributed by atoms with Crippen molar-refractivity contribution >= 4 is 11.9 Å². The van der Waals surface area contributed by atoms with Gasteiger partial charge in [0.2, 0.25) is 0 Å². The van der Waals surface area contributed by atoms with E-state index in [1.54, 1.807) is 0 Å². The Kier molecular flexibility index (Phi) is 5.90. The lowest BCUT2D eigenvalue weighted by Gasteiger charge is -2.17. The molecular formula is C16H19F2NO4. The second-order valence-corrected chi connectivity index (χ2v) is 5.44. The zero-order valence-corrected chi connectivity index (χ0v) is 12.8. The lowest BCUT2D eigenvalue weighted by Crippen LogP contribution is -2.40. The molecular weight excluding hydrogens is 308 g/mol. The van der Waals surface area contributed by atoms with Gasteiger partial charge in [-0.05, 0) is 38.0 Å². The monoisotopic (exact) mass is 327 g/mol. The van der Waals surface area contributed by atoms with Gasteiger partial charge in [0.1, 0.15) is 5.75 Å². The number of carbonyl (C=O) groups excluding carboxylic acids is 2. The number of hydrogen-bond donors (Lipinski definition) is 1. The Morgan fingerprint density at radius 2 is 1.96 bits per heavy atom. The summed E-state index contributed by atoms with van der Waals surface area (Å²) in [6.45, 7) is -1.50. The Morgan fingerprint density at radius 1 is 1.26 bits per heavy atom. The summed E-state index contributed by atoms with van der Waals surface area (Å²) in [6.07, 6.45) is 3.06. The van der Waals surface area contributed by atoms with Crippen LogP contribution >= 0.6 is 0 Å². The molecule has 1 fully saturated rings. The van der Waals surface area contributed by atoms with E-state index in [4.69, 9.17) is 4.74 Å². The van der Waals surface area contributed by atoms with E-state index in [0.29, 0.717) is 0 Å². The van der Waals surface area contributed by atoms with Gasteiger partial charge in [0.05, 0.1) is 5.56 Å². The van der Waals surface area contributed by atoms with Crippen LogP contribution in [0.3, 0.4) is 0 Å². The first kappa shape index (κ1) is 17.2. The predicted octanol–water partition coefficient (Wildman–Crippen LogP) is 2.89. The van der Waals surface area contributed by atoms with Crippen molar-refractivity contribution in [1.29, 1.82) is 0 Å². The van der Waals surface area contributed by atoms with Crippen molar-refractivity contribution in [3.8, 4) is 5.75 Å². The average molecular weight is 327 g/mol. The van der Waals surface area contributed by atoms with Gasteiger partial charge in [-0.25, -0.2) is 4.79 Å². The highest BCUT2D eigenvalue weighted by atomic mass is 19.3. The maximum atomic E-state index is 12.2. The fourth-order valence-electron chi connectivity index (χ4n) is 2.47. The Labute approximate surface area is 133 Å². The number of nitrogens with one attached hydrogen (secondary N) is 1. The molecule has 1 amide bonds. The fourth-order valence-corrected chi connectivity index (χ4v) is 2.47. The van der Waals surface area contributed by atoms with Crippen LogP contribution in [0.5, 0.6) is 5.75 Å². The fraction of sp³-hybridized carbons (Fsp3) is 0.500. The Morgan fingerprint density at radius 3 is 2.61 bits per heavy atom. The molecule has 0 radical (unpaired) electrons. The molecule has 1 aliphatic carbocycles. The predicted molar refractivity (Wildman–Crippen MR) is 78.4 cm³/mol. The number of benzene rings is 1. The zero-order valence-electron chi connectivity index (χ0n) is 12.8. The van der Waals surface area contributed by atoms with Gasteiger partial charge in [-0.3, -0.25) is 4.79 Å². The van der Waals surface area contributed by atoms with Crippen LogP contribution in [-0.4, -0.2) is 30.6 Å². The number of rotatable bonds is 6. The number of esters is 1. The van der Waals surface area contributed by atoms with E-state index < -0.39 is 18.7 Å². The number of halogens is 2. The van der Waals surface area contributed by atoms with Crippen molar-refractivity contribution in [2.45, 2.75) is 51.4 Å². The molecule has 126 valence electrons. The van der Waals surface area contributed by atoms with Gasteiger partial charge >= 0.3 is 12.6 Å². The SMILES string of the molecule is CC(OC(=O)c1cccc(OC(F)F)c1)C(=O)NC1CCCC1. The lowest BCUT2D eigenvalue weighted by molar-refractivity contribution is -0.129. The summed E-state index contributed by atoms with van der Waals surface area (Å²) in [5.41, 5.74) is 0.0451. The molecule has 0 aromatic heterocycles. The quantitative estimate of drug-likeness (QED) is 0.816. The summed E-state index contributed by atoms with van der Waals surface area (Å²) < 4.78 is 33.6. The summed E-state index contributed by atoms with van der Waals surface area (Å²) in [5.74, 6) is -1.26. The molecule has 0 spiro atoms. The van der Waals surface area contributed by atoms with Gasteiger partial charge in [-0.2, -0.15) is 8.78 Å². The van der Waals surface area contributed by atoms with Crippen molar-refractivity contribution in [2.24, 2.45) is 0 Å². The molecule has 2 rings (SSSR count). The third-order valence-corrected chi connectivity index (χ3v) is 3.65. The number of alkyl halides is 2. The third kappa shape index (κ3) is 5.19. The molecule has 0 aliphatic heterocycles. The molecule has 7 heteroatoms. The highest BCUT2D eigenvalue weighted by Crippen LogP contribution is 2.19.